The maximum Gasteiger partial charge on any atom is 0.326 e. The normalized spacial score (nSPS) is 13.1. The van der Waals surface area contributed by atoms with Crippen molar-refractivity contribution in [3.8, 4) is 5.75 Å². The molecule has 0 aliphatic rings. The predicted octanol–water partition coefficient (Wildman–Crippen LogP) is -2.58. The third-order valence-corrected chi connectivity index (χ3v) is 4.91. The Hall–Kier alpha value is -3.52. The Balaban J connectivity index is 2.51. The summed E-state index contributed by atoms with van der Waals surface area (Å²) in [4.78, 5) is 51.9. The zero-order valence-corrected chi connectivity index (χ0v) is 19.3. The molecule has 1 aromatic rings. The summed E-state index contributed by atoms with van der Waals surface area (Å²) in [6.45, 7) is -0.246. The van der Waals surface area contributed by atoms with Gasteiger partial charge in [-0.3, -0.25) is 19.4 Å². The minimum absolute atomic E-state index is 0.0695. The quantitative estimate of drug-likeness (QED) is 0.0567. The van der Waals surface area contributed by atoms with Crippen LogP contribution in [0.25, 0.3) is 0 Å². The van der Waals surface area contributed by atoms with E-state index in [1.165, 1.54) is 12.1 Å². The predicted molar refractivity (Wildman–Crippen MR) is 128 cm³/mol. The van der Waals surface area contributed by atoms with Crippen LogP contribution in [0.1, 0.15) is 18.4 Å². The molecule has 0 saturated carbocycles. The van der Waals surface area contributed by atoms with Crippen LogP contribution in [0.4, 0.5) is 0 Å². The van der Waals surface area contributed by atoms with Gasteiger partial charge in [0.2, 0.25) is 17.7 Å². The molecule has 0 saturated heterocycles. The van der Waals surface area contributed by atoms with Crippen LogP contribution in [-0.2, 0) is 25.6 Å². The molecule has 0 aliphatic heterocycles. The minimum atomic E-state index is -1.25. The van der Waals surface area contributed by atoms with Crippen LogP contribution >= 0.6 is 12.6 Å². The largest absolute Gasteiger partial charge is 0.508 e. The highest BCUT2D eigenvalue weighted by Gasteiger charge is 2.26. The Morgan fingerprint density at radius 1 is 1.03 bits per heavy atom. The lowest BCUT2D eigenvalue weighted by Crippen LogP contribution is -2.54. The molecule has 14 heteroatoms. The number of carboxylic acids is 1. The number of phenols is 1. The molecule has 188 valence electrons. The highest BCUT2D eigenvalue weighted by Crippen LogP contribution is 2.10. The smallest absolute Gasteiger partial charge is 0.326 e. The molecule has 0 aromatic heterocycles. The first kappa shape index (κ1) is 28.5. The number of hydrogen-bond acceptors (Lipinski definition) is 8. The summed E-state index contributed by atoms with van der Waals surface area (Å²) >= 11 is 4.02. The molecule has 0 heterocycles. The Bertz CT molecular complexity index is 877. The summed E-state index contributed by atoms with van der Waals surface area (Å²) < 4.78 is 0. The molecule has 1 aromatic carbocycles. The highest BCUT2D eigenvalue weighted by molar-refractivity contribution is 7.80. The van der Waals surface area contributed by atoms with E-state index in [2.05, 4.69) is 33.6 Å². The van der Waals surface area contributed by atoms with Crippen molar-refractivity contribution in [2.45, 2.75) is 37.4 Å². The van der Waals surface area contributed by atoms with E-state index < -0.39 is 48.4 Å². The van der Waals surface area contributed by atoms with E-state index in [0.29, 0.717) is 6.42 Å². The van der Waals surface area contributed by atoms with Gasteiger partial charge < -0.3 is 43.4 Å². The van der Waals surface area contributed by atoms with Crippen LogP contribution in [0.3, 0.4) is 0 Å². The Morgan fingerprint density at radius 2 is 1.68 bits per heavy atom. The second-order valence-corrected chi connectivity index (χ2v) is 7.71. The first-order valence-electron chi connectivity index (χ1n) is 10.3. The number of nitrogens with two attached hydrogens (primary N) is 3. The van der Waals surface area contributed by atoms with E-state index in [9.17, 15) is 29.4 Å². The number of nitrogens with one attached hydrogen (secondary N) is 3. The van der Waals surface area contributed by atoms with Crippen LogP contribution in [0, 0.1) is 0 Å². The van der Waals surface area contributed by atoms with Gasteiger partial charge in [0.25, 0.3) is 0 Å². The molecule has 3 unspecified atom stereocenters. The van der Waals surface area contributed by atoms with Crippen molar-refractivity contribution in [1.82, 2.24) is 16.0 Å². The number of aliphatic imine (C=N–C) groups is 1. The van der Waals surface area contributed by atoms with E-state index in [0.717, 1.165) is 5.56 Å². The van der Waals surface area contributed by atoms with Crippen LogP contribution in [-0.4, -0.2) is 76.8 Å². The summed E-state index contributed by atoms with van der Waals surface area (Å²) in [5.74, 6) is -3.40. The average molecular weight is 498 g/mol. The molecule has 0 spiro atoms. The van der Waals surface area contributed by atoms with Gasteiger partial charge in [0, 0.05) is 12.3 Å². The number of carboxylic acid groups (broad SMARTS) is 1. The molecule has 34 heavy (non-hydrogen) atoms. The first-order valence-corrected chi connectivity index (χ1v) is 11.0. The molecule has 1 rings (SSSR count). The second-order valence-electron chi connectivity index (χ2n) is 7.35. The lowest BCUT2D eigenvalue weighted by atomic mass is 10.1. The van der Waals surface area contributed by atoms with E-state index >= 15 is 0 Å². The first-order chi connectivity index (χ1) is 16.0. The summed E-state index contributed by atoms with van der Waals surface area (Å²) in [7, 11) is 0. The number of phenolic OH excluding ortho intramolecular Hbond substituents is 1. The van der Waals surface area contributed by atoms with Crippen LogP contribution < -0.4 is 33.2 Å². The summed E-state index contributed by atoms with van der Waals surface area (Å²) in [6, 6.07) is 2.91. The van der Waals surface area contributed by atoms with Crippen molar-refractivity contribution in [2.24, 2.45) is 22.2 Å². The maximum atomic E-state index is 12.4. The number of carbonyl (C=O) groups excluding carboxylic acids is 3. The number of aromatic hydroxyl groups is 1. The lowest BCUT2D eigenvalue weighted by Gasteiger charge is -2.20. The number of amides is 3. The topological polar surface area (TPSA) is 235 Å². The number of guanidine groups is 1. The second kappa shape index (κ2) is 14.6. The Morgan fingerprint density at radius 3 is 2.24 bits per heavy atom. The Kier molecular flexibility index (Phi) is 12.2. The molecular weight excluding hydrogens is 466 g/mol. The number of nitrogens with zero attached hydrogens (tertiary/aromatic N) is 1. The molecule has 0 radical (unpaired) electrons. The molecule has 0 fully saturated rings. The molecular formula is C20H31N7O6S. The van der Waals surface area contributed by atoms with Crippen LogP contribution in [0.2, 0.25) is 0 Å². The third kappa shape index (κ3) is 10.9. The van der Waals surface area contributed by atoms with Crippen molar-refractivity contribution < 1.29 is 29.4 Å². The third-order valence-electron chi connectivity index (χ3n) is 4.55. The van der Waals surface area contributed by atoms with Crippen molar-refractivity contribution >= 4 is 42.3 Å². The fraction of sp³-hybridized carbons (Fsp3) is 0.450. The van der Waals surface area contributed by atoms with Gasteiger partial charge in [-0.1, -0.05) is 12.1 Å². The van der Waals surface area contributed by atoms with Gasteiger partial charge in [0.05, 0.1) is 12.6 Å². The molecule has 3 amide bonds. The van der Waals surface area contributed by atoms with Crippen molar-refractivity contribution in [2.75, 3.05) is 18.8 Å². The SMILES string of the molecule is NC(N)=NCCCC(NC(=O)C(CS)NC(=O)CNC(=O)C(N)Cc1ccc(O)cc1)C(=O)O. The molecule has 11 N–H and O–H groups in total. The number of thiol groups is 1. The number of benzene rings is 1. The standard InChI is InChI=1S/C20H31N7O6S/c21-13(8-11-3-5-12(28)6-4-11)17(30)25-9-16(29)26-15(10-34)18(31)27-14(19(32)33)2-1-7-24-20(22)23/h3-6,13-15,28,34H,1-2,7-10,21H2,(H,25,30)(H,26,29)(H,27,31)(H,32,33)(H4,22,23,24). The Labute approximate surface area is 201 Å². The van der Waals surface area contributed by atoms with Gasteiger partial charge in [-0.2, -0.15) is 12.6 Å². The lowest BCUT2D eigenvalue weighted by molar-refractivity contribution is -0.142. The zero-order chi connectivity index (χ0) is 25.7. The number of aliphatic carboxylic acids is 1. The van der Waals surface area contributed by atoms with Gasteiger partial charge in [-0.05, 0) is 37.0 Å². The van der Waals surface area contributed by atoms with Gasteiger partial charge in [-0.15, -0.1) is 0 Å². The van der Waals surface area contributed by atoms with E-state index in [4.69, 9.17) is 17.2 Å². The molecule has 3 atom stereocenters. The molecule has 13 nitrogen and oxygen atoms in total. The van der Waals surface area contributed by atoms with Crippen molar-refractivity contribution in [3.63, 3.8) is 0 Å². The minimum Gasteiger partial charge on any atom is -0.508 e. The van der Waals surface area contributed by atoms with E-state index in [-0.39, 0.29) is 36.8 Å². The highest BCUT2D eigenvalue weighted by atomic mass is 32.1. The van der Waals surface area contributed by atoms with Crippen molar-refractivity contribution in [1.29, 1.82) is 0 Å². The van der Waals surface area contributed by atoms with Crippen LogP contribution in [0.5, 0.6) is 5.75 Å². The monoisotopic (exact) mass is 497 g/mol. The van der Waals surface area contributed by atoms with Gasteiger partial charge in [-0.25, -0.2) is 4.79 Å². The van der Waals surface area contributed by atoms with E-state index in [1.54, 1.807) is 12.1 Å². The average Bonchev–Trinajstić information content (AvgIpc) is 2.78. The maximum absolute atomic E-state index is 12.4. The fourth-order valence-electron chi connectivity index (χ4n) is 2.75. The van der Waals surface area contributed by atoms with Gasteiger partial charge >= 0.3 is 5.97 Å². The van der Waals surface area contributed by atoms with Crippen LogP contribution in [0.15, 0.2) is 29.3 Å². The van der Waals surface area contributed by atoms with E-state index in [1.807, 2.05) is 0 Å². The summed E-state index contributed by atoms with van der Waals surface area (Å²) in [5, 5.41) is 25.7. The molecule has 0 bridgehead atoms. The number of carbonyl (C=O) groups is 4. The molecule has 0 aliphatic carbocycles. The summed E-state index contributed by atoms with van der Waals surface area (Å²) in [6.07, 6.45) is 0.568. The van der Waals surface area contributed by atoms with Gasteiger partial charge in [0.15, 0.2) is 5.96 Å². The number of hydrogen-bond donors (Lipinski definition) is 9. The van der Waals surface area contributed by atoms with Crippen molar-refractivity contribution in [3.05, 3.63) is 29.8 Å². The number of rotatable bonds is 14. The zero-order valence-electron chi connectivity index (χ0n) is 18.4. The fourth-order valence-corrected chi connectivity index (χ4v) is 3.01. The van der Waals surface area contributed by atoms with Gasteiger partial charge in [0.1, 0.15) is 17.8 Å². The summed E-state index contributed by atoms with van der Waals surface area (Å²) in [5.41, 5.74) is 17.0.